The van der Waals surface area contributed by atoms with Crippen LogP contribution in [0.1, 0.15) is 41.5 Å². The molecule has 2 amide bonds. The molecule has 0 saturated carbocycles. The molecule has 1 aromatic heterocycles. The van der Waals surface area contributed by atoms with Crippen LogP contribution < -0.4 is 10.2 Å². The highest BCUT2D eigenvalue weighted by molar-refractivity contribution is 6.00. The van der Waals surface area contributed by atoms with Gasteiger partial charge in [0.1, 0.15) is 5.75 Å². The highest BCUT2D eigenvalue weighted by atomic mass is 16.5. The molecule has 2 heterocycles. The summed E-state index contributed by atoms with van der Waals surface area (Å²) >= 11 is 0. The first-order valence-corrected chi connectivity index (χ1v) is 9.41. The Bertz CT molecular complexity index is 791. The van der Waals surface area contributed by atoms with E-state index in [2.05, 4.69) is 12.3 Å². The van der Waals surface area contributed by atoms with Gasteiger partial charge in [-0.25, -0.2) is 0 Å². The fourth-order valence-corrected chi connectivity index (χ4v) is 3.37. The third-order valence-corrected chi connectivity index (χ3v) is 4.97. The largest absolute Gasteiger partial charge is 0.484 e. The van der Waals surface area contributed by atoms with E-state index in [1.54, 1.807) is 28.9 Å². The highest BCUT2D eigenvalue weighted by Crippen LogP contribution is 2.17. The van der Waals surface area contributed by atoms with Crippen molar-refractivity contribution in [3.63, 3.8) is 0 Å². The minimum Gasteiger partial charge on any atom is -0.484 e. The van der Waals surface area contributed by atoms with Gasteiger partial charge in [-0.3, -0.25) is 19.7 Å². The molecule has 0 radical (unpaired) electrons. The van der Waals surface area contributed by atoms with Gasteiger partial charge >= 0.3 is 0 Å². The molecule has 144 valence electrons. The Morgan fingerprint density at radius 2 is 1.78 bits per heavy atom. The van der Waals surface area contributed by atoms with Gasteiger partial charge in [-0.05, 0) is 69.0 Å². The number of carbonyl (C=O) groups is 2. The molecule has 0 bridgehead atoms. The summed E-state index contributed by atoms with van der Waals surface area (Å²) in [5.74, 6) is 0.954. The van der Waals surface area contributed by atoms with E-state index in [0.29, 0.717) is 17.2 Å². The molecule has 1 atom stereocenters. The molecule has 0 aliphatic carbocycles. The molecule has 1 unspecified atom stereocenters. The molecule has 0 spiro atoms. The van der Waals surface area contributed by atoms with Gasteiger partial charge in [-0.2, -0.15) is 0 Å². The highest BCUT2D eigenvalue weighted by Gasteiger charge is 2.21. The number of nitrogens with one attached hydrogen (secondary N) is 1. The van der Waals surface area contributed by atoms with Crippen LogP contribution in [0.2, 0.25) is 0 Å². The van der Waals surface area contributed by atoms with Crippen molar-refractivity contribution in [1.82, 2.24) is 9.58 Å². The first kappa shape index (κ1) is 19.0. The monoisotopic (exact) mass is 369 g/mol. The molecule has 1 aliphatic heterocycles. The van der Waals surface area contributed by atoms with Gasteiger partial charge in [0.15, 0.2) is 6.61 Å². The van der Waals surface area contributed by atoms with E-state index in [4.69, 9.17) is 4.74 Å². The second-order valence-corrected chi connectivity index (χ2v) is 7.29. The van der Waals surface area contributed by atoms with Crippen LogP contribution in [0.15, 0.2) is 36.4 Å². The average Bonchev–Trinajstić information content (AvgIpc) is 2.98. The van der Waals surface area contributed by atoms with Crippen molar-refractivity contribution < 1.29 is 14.3 Å². The summed E-state index contributed by atoms with van der Waals surface area (Å²) in [6.07, 6.45) is 2.23. The van der Waals surface area contributed by atoms with Crippen LogP contribution in [-0.4, -0.2) is 41.1 Å². The summed E-state index contributed by atoms with van der Waals surface area (Å²) in [5, 5.41) is 0. The van der Waals surface area contributed by atoms with E-state index in [-0.39, 0.29) is 18.4 Å². The molecule has 3 rings (SSSR count). The van der Waals surface area contributed by atoms with Crippen molar-refractivity contribution in [2.24, 2.45) is 5.92 Å². The zero-order valence-corrected chi connectivity index (χ0v) is 16.2. The summed E-state index contributed by atoms with van der Waals surface area (Å²) in [7, 11) is 0. The number of ether oxygens (including phenoxy) is 1. The quantitative estimate of drug-likeness (QED) is 0.881. The molecule has 6 nitrogen and oxygen atoms in total. The number of carbonyl (C=O) groups excluding carboxylic acids is 2. The van der Waals surface area contributed by atoms with Crippen LogP contribution in [0.4, 0.5) is 0 Å². The molecule has 1 aliphatic rings. The van der Waals surface area contributed by atoms with Gasteiger partial charge in [0.05, 0.1) is 0 Å². The summed E-state index contributed by atoms with van der Waals surface area (Å²) in [6.45, 7) is 7.68. The van der Waals surface area contributed by atoms with Crippen LogP contribution in [-0.2, 0) is 4.79 Å². The first-order chi connectivity index (χ1) is 12.9. The lowest BCUT2D eigenvalue weighted by molar-refractivity contribution is -0.135. The Kier molecular flexibility index (Phi) is 5.84. The third kappa shape index (κ3) is 4.70. The van der Waals surface area contributed by atoms with Crippen molar-refractivity contribution in [3.8, 4) is 5.75 Å². The Morgan fingerprint density at radius 3 is 2.41 bits per heavy atom. The maximum atomic E-state index is 12.4. The Morgan fingerprint density at radius 1 is 1.11 bits per heavy atom. The van der Waals surface area contributed by atoms with E-state index in [0.717, 1.165) is 30.9 Å². The van der Waals surface area contributed by atoms with Crippen LogP contribution in [0.3, 0.4) is 0 Å². The standard InChI is InChI=1S/C21H27N3O3/c1-15-5-4-12-23(13-15)20(25)14-27-19-10-8-18(9-11-19)21(26)22-24-16(2)6-7-17(24)3/h6-11,15H,4-5,12-14H2,1-3H3,(H,22,26). The molecule has 1 fully saturated rings. The van der Waals surface area contributed by atoms with Gasteiger partial charge < -0.3 is 9.64 Å². The topological polar surface area (TPSA) is 63.6 Å². The number of rotatable bonds is 5. The predicted octanol–water partition coefficient (Wildman–Crippen LogP) is 3.13. The summed E-state index contributed by atoms with van der Waals surface area (Å²) < 4.78 is 7.36. The molecule has 27 heavy (non-hydrogen) atoms. The second kappa shape index (κ2) is 8.29. The third-order valence-electron chi connectivity index (χ3n) is 4.97. The van der Waals surface area contributed by atoms with Crippen LogP contribution >= 0.6 is 0 Å². The number of amides is 2. The molecule has 2 aromatic rings. The molecule has 1 saturated heterocycles. The van der Waals surface area contributed by atoms with Gasteiger partial charge in [0, 0.05) is 30.0 Å². The van der Waals surface area contributed by atoms with Crippen LogP contribution in [0.5, 0.6) is 5.75 Å². The number of nitrogens with zero attached hydrogens (tertiary/aromatic N) is 2. The lowest BCUT2D eigenvalue weighted by Gasteiger charge is -2.30. The van der Waals surface area contributed by atoms with E-state index < -0.39 is 0 Å². The van der Waals surface area contributed by atoms with Crippen LogP contribution in [0.25, 0.3) is 0 Å². The molecule has 6 heteroatoms. The molecule has 1 N–H and O–H groups in total. The number of aromatic nitrogens is 1. The summed E-state index contributed by atoms with van der Waals surface area (Å²) in [6, 6.07) is 10.7. The van der Waals surface area contributed by atoms with Crippen LogP contribution in [0, 0.1) is 19.8 Å². The number of hydrogen-bond acceptors (Lipinski definition) is 3. The number of hydrogen-bond donors (Lipinski definition) is 1. The van der Waals surface area contributed by atoms with Crippen molar-refractivity contribution in [2.75, 3.05) is 25.1 Å². The van der Waals surface area contributed by atoms with Crippen molar-refractivity contribution in [2.45, 2.75) is 33.6 Å². The predicted molar refractivity (Wildman–Crippen MR) is 105 cm³/mol. The van der Waals surface area contributed by atoms with Gasteiger partial charge in [0.2, 0.25) is 0 Å². The Hall–Kier alpha value is -2.76. The minimum atomic E-state index is -0.192. The number of benzene rings is 1. The normalized spacial score (nSPS) is 16.9. The summed E-state index contributed by atoms with van der Waals surface area (Å²) in [5.41, 5.74) is 5.33. The molecule has 1 aromatic carbocycles. The Balaban J connectivity index is 1.54. The molecular formula is C21H27N3O3. The number of piperidine rings is 1. The van der Waals surface area contributed by atoms with Crippen molar-refractivity contribution in [1.29, 1.82) is 0 Å². The average molecular weight is 369 g/mol. The number of aryl methyl sites for hydroxylation is 2. The van der Waals surface area contributed by atoms with E-state index >= 15 is 0 Å². The second-order valence-electron chi connectivity index (χ2n) is 7.29. The zero-order valence-electron chi connectivity index (χ0n) is 16.2. The lowest BCUT2D eigenvalue weighted by atomic mass is 10.0. The van der Waals surface area contributed by atoms with E-state index in [1.165, 1.54) is 6.42 Å². The first-order valence-electron chi connectivity index (χ1n) is 9.41. The fourth-order valence-electron chi connectivity index (χ4n) is 3.37. The fraction of sp³-hybridized carbons (Fsp3) is 0.429. The van der Waals surface area contributed by atoms with E-state index in [1.807, 2.05) is 30.9 Å². The zero-order chi connectivity index (χ0) is 19.4. The van der Waals surface area contributed by atoms with Crippen molar-refractivity contribution >= 4 is 11.8 Å². The maximum Gasteiger partial charge on any atom is 0.270 e. The van der Waals surface area contributed by atoms with Gasteiger partial charge in [-0.1, -0.05) is 6.92 Å². The molecular weight excluding hydrogens is 342 g/mol. The van der Waals surface area contributed by atoms with Gasteiger partial charge in [0.25, 0.3) is 11.8 Å². The minimum absolute atomic E-state index is 0.0157. The van der Waals surface area contributed by atoms with Crippen molar-refractivity contribution in [3.05, 3.63) is 53.3 Å². The maximum absolute atomic E-state index is 12.4. The number of likely N-dealkylation sites (tertiary alicyclic amines) is 1. The van der Waals surface area contributed by atoms with Gasteiger partial charge in [-0.15, -0.1) is 0 Å². The Labute approximate surface area is 160 Å². The SMILES string of the molecule is Cc1ccc(C)n1NC(=O)c1ccc(OCC(=O)N2CCCC(C)C2)cc1. The van der Waals surface area contributed by atoms with E-state index in [9.17, 15) is 9.59 Å². The summed E-state index contributed by atoms with van der Waals surface area (Å²) in [4.78, 5) is 26.5. The lowest BCUT2D eigenvalue weighted by Crippen LogP contribution is -2.41. The smallest absolute Gasteiger partial charge is 0.270 e.